The van der Waals surface area contributed by atoms with Crippen LogP contribution in [-0.4, -0.2) is 30.1 Å². The van der Waals surface area contributed by atoms with E-state index in [9.17, 15) is 0 Å². The summed E-state index contributed by atoms with van der Waals surface area (Å²) in [5, 5.41) is 0. The normalized spacial score (nSPS) is 30.4. The zero-order chi connectivity index (χ0) is 11.3. The van der Waals surface area contributed by atoms with Gasteiger partial charge in [-0.3, -0.25) is 4.90 Å². The van der Waals surface area contributed by atoms with Gasteiger partial charge in [-0.05, 0) is 52.0 Å². The van der Waals surface area contributed by atoms with Gasteiger partial charge < -0.3 is 5.73 Å². The second-order valence-electron chi connectivity index (χ2n) is 5.36. The lowest BCUT2D eigenvalue weighted by atomic mass is 9.95. The molecule has 0 radical (unpaired) electrons. The van der Waals surface area contributed by atoms with Crippen LogP contribution in [0.5, 0.6) is 0 Å². The molecule has 0 bridgehead atoms. The fourth-order valence-corrected chi connectivity index (χ4v) is 2.75. The van der Waals surface area contributed by atoms with Crippen molar-refractivity contribution >= 4 is 0 Å². The summed E-state index contributed by atoms with van der Waals surface area (Å²) in [6, 6.07) is 1.57. The number of nitrogens with zero attached hydrogens (tertiary/aromatic N) is 1. The summed E-state index contributed by atoms with van der Waals surface area (Å²) in [6.07, 6.45) is 6.64. The highest BCUT2D eigenvalue weighted by Crippen LogP contribution is 2.24. The van der Waals surface area contributed by atoms with Crippen molar-refractivity contribution in [2.75, 3.05) is 13.1 Å². The van der Waals surface area contributed by atoms with Crippen LogP contribution in [0.2, 0.25) is 0 Å². The van der Waals surface area contributed by atoms with Crippen LogP contribution >= 0.6 is 0 Å². The maximum Gasteiger partial charge on any atom is 0.00698 e. The van der Waals surface area contributed by atoms with E-state index in [0.29, 0.717) is 0 Å². The molecule has 90 valence electrons. The van der Waals surface area contributed by atoms with E-state index in [4.69, 9.17) is 5.73 Å². The summed E-state index contributed by atoms with van der Waals surface area (Å²) < 4.78 is 0. The van der Waals surface area contributed by atoms with Gasteiger partial charge in [-0.1, -0.05) is 13.3 Å². The van der Waals surface area contributed by atoms with Crippen molar-refractivity contribution in [3.8, 4) is 0 Å². The Labute approximate surface area is 95.2 Å². The van der Waals surface area contributed by atoms with Gasteiger partial charge in [-0.15, -0.1) is 0 Å². The average molecular weight is 212 g/mol. The zero-order valence-electron chi connectivity index (χ0n) is 10.7. The Morgan fingerprint density at radius 1 is 1.27 bits per heavy atom. The molecule has 1 unspecified atom stereocenters. The minimum atomic E-state index is 0.786. The van der Waals surface area contributed by atoms with Crippen molar-refractivity contribution in [2.45, 2.75) is 65.0 Å². The first-order valence-electron chi connectivity index (χ1n) is 6.61. The first kappa shape index (κ1) is 13.0. The molecule has 0 spiro atoms. The van der Waals surface area contributed by atoms with Crippen LogP contribution in [0, 0.1) is 5.92 Å². The molecule has 0 saturated carbocycles. The van der Waals surface area contributed by atoms with E-state index >= 15 is 0 Å². The molecule has 0 aromatic heterocycles. The van der Waals surface area contributed by atoms with Crippen molar-refractivity contribution in [2.24, 2.45) is 11.7 Å². The fourth-order valence-electron chi connectivity index (χ4n) is 2.75. The van der Waals surface area contributed by atoms with Gasteiger partial charge in [-0.25, -0.2) is 0 Å². The number of rotatable bonds is 5. The standard InChI is InChI=1S/C13H28N2/c1-11(6-5-9-14)10-15-12(2)7-4-8-13(15)3/h11-13H,4-10,14H2,1-3H3/t11?,12-,13+. The lowest BCUT2D eigenvalue weighted by Crippen LogP contribution is -2.45. The van der Waals surface area contributed by atoms with Crippen LogP contribution in [0.3, 0.4) is 0 Å². The molecular weight excluding hydrogens is 184 g/mol. The molecule has 3 atom stereocenters. The molecule has 2 heteroatoms. The number of hydrogen-bond donors (Lipinski definition) is 1. The van der Waals surface area contributed by atoms with Gasteiger partial charge in [-0.2, -0.15) is 0 Å². The predicted octanol–water partition coefficient (Wildman–Crippen LogP) is 2.62. The molecule has 0 aromatic carbocycles. The third-order valence-electron chi connectivity index (χ3n) is 3.80. The van der Waals surface area contributed by atoms with Gasteiger partial charge in [0.05, 0.1) is 0 Å². The Morgan fingerprint density at radius 3 is 2.40 bits per heavy atom. The summed E-state index contributed by atoms with van der Waals surface area (Å²) in [5.74, 6) is 0.802. The van der Waals surface area contributed by atoms with E-state index in [1.165, 1.54) is 38.6 Å². The van der Waals surface area contributed by atoms with E-state index in [2.05, 4.69) is 25.7 Å². The van der Waals surface area contributed by atoms with Crippen LogP contribution in [0.4, 0.5) is 0 Å². The Kier molecular flexibility index (Phi) is 5.62. The summed E-state index contributed by atoms with van der Waals surface area (Å²) in [5.41, 5.74) is 5.55. The Bertz CT molecular complexity index is 160. The van der Waals surface area contributed by atoms with Gasteiger partial charge in [0.1, 0.15) is 0 Å². The molecule has 2 nitrogen and oxygen atoms in total. The molecule has 0 aliphatic carbocycles. The van der Waals surface area contributed by atoms with Crippen LogP contribution in [-0.2, 0) is 0 Å². The zero-order valence-corrected chi connectivity index (χ0v) is 10.7. The maximum absolute atomic E-state index is 5.55. The third kappa shape index (κ3) is 4.12. The Morgan fingerprint density at radius 2 is 1.87 bits per heavy atom. The smallest absolute Gasteiger partial charge is 0.00698 e. The molecule has 1 saturated heterocycles. The number of piperidine rings is 1. The fraction of sp³-hybridized carbons (Fsp3) is 1.00. The molecule has 0 amide bonds. The third-order valence-corrected chi connectivity index (χ3v) is 3.80. The molecule has 1 rings (SSSR count). The van der Waals surface area contributed by atoms with Gasteiger partial charge in [0, 0.05) is 18.6 Å². The molecule has 0 aromatic rings. The van der Waals surface area contributed by atoms with Gasteiger partial charge in [0.15, 0.2) is 0 Å². The lowest BCUT2D eigenvalue weighted by Gasteiger charge is -2.40. The minimum absolute atomic E-state index is 0.786. The van der Waals surface area contributed by atoms with Crippen LogP contribution in [0.25, 0.3) is 0 Å². The molecule has 2 N–H and O–H groups in total. The first-order valence-corrected chi connectivity index (χ1v) is 6.61. The summed E-state index contributed by atoms with van der Waals surface area (Å²) in [4.78, 5) is 2.70. The van der Waals surface area contributed by atoms with Crippen molar-refractivity contribution in [3.63, 3.8) is 0 Å². The van der Waals surface area contributed by atoms with E-state index in [1.54, 1.807) is 0 Å². The van der Waals surface area contributed by atoms with E-state index in [1.807, 2.05) is 0 Å². The second-order valence-corrected chi connectivity index (χ2v) is 5.36. The van der Waals surface area contributed by atoms with Crippen molar-refractivity contribution in [3.05, 3.63) is 0 Å². The molecule has 1 aliphatic rings. The minimum Gasteiger partial charge on any atom is -0.330 e. The molecule has 15 heavy (non-hydrogen) atoms. The highest BCUT2D eigenvalue weighted by atomic mass is 15.2. The van der Waals surface area contributed by atoms with Gasteiger partial charge >= 0.3 is 0 Å². The van der Waals surface area contributed by atoms with E-state index < -0.39 is 0 Å². The summed E-state index contributed by atoms with van der Waals surface area (Å²) in [6.45, 7) is 9.23. The number of likely N-dealkylation sites (tertiary alicyclic amines) is 1. The summed E-state index contributed by atoms with van der Waals surface area (Å²) in [7, 11) is 0. The van der Waals surface area contributed by atoms with Crippen LogP contribution in [0.1, 0.15) is 52.9 Å². The van der Waals surface area contributed by atoms with Crippen molar-refractivity contribution < 1.29 is 0 Å². The van der Waals surface area contributed by atoms with Gasteiger partial charge in [0.25, 0.3) is 0 Å². The maximum atomic E-state index is 5.55. The van der Waals surface area contributed by atoms with E-state index in [0.717, 1.165) is 24.5 Å². The molecule has 1 aliphatic heterocycles. The highest BCUT2D eigenvalue weighted by molar-refractivity contribution is 4.80. The van der Waals surface area contributed by atoms with E-state index in [-0.39, 0.29) is 0 Å². The monoisotopic (exact) mass is 212 g/mol. The Balaban J connectivity index is 2.33. The van der Waals surface area contributed by atoms with Crippen molar-refractivity contribution in [1.29, 1.82) is 0 Å². The van der Waals surface area contributed by atoms with Crippen LogP contribution in [0.15, 0.2) is 0 Å². The quantitative estimate of drug-likeness (QED) is 0.759. The SMILES string of the molecule is CC(CCCN)CN1[C@H](C)CCC[C@@H]1C. The molecule has 1 heterocycles. The summed E-state index contributed by atoms with van der Waals surface area (Å²) >= 11 is 0. The number of nitrogens with two attached hydrogens (primary N) is 1. The molecule has 1 fully saturated rings. The van der Waals surface area contributed by atoms with Crippen LogP contribution < -0.4 is 5.73 Å². The Hall–Kier alpha value is -0.0800. The van der Waals surface area contributed by atoms with Gasteiger partial charge in [0.2, 0.25) is 0 Å². The first-order chi connectivity index (χ1) is 7.15. The highest BCUT2D eigenvalue weighted by Gasteiger charge is 2.25. The molecular formula is C13H28N2. The predicted molar refractivity (Wildman–Crippen MR) is 66.9 cm³/mol. The largest absolute Gasteiger partial charge is 0.330 e. The second kappa shape index (κ2) is 6.49. The average Bonchev–Trinajstić information content (AvgIpc) is 2.21. The van der Waals surface area contributed by atoms with Crippen molar-refractivity contribution in [1.82, 2.24) is 4.90 Å². The lowest BCUT2D eigenvalue weighted by molar-refractivity contribution is 0.0851. The topological polar surface area (TPSA) is 29.3 Å². The number of hydrogen-bond acceptors (Lipinski definition) is 2.